The summed E-state index contributed by atoms with van der Waals surface area (Å²) < 4.78 is 15.9. The number of rotatable bonds is 6. The minimum absolute atomic E-state index is 0.332. The Bertz CT molecular complexity index is 632. The van der Waals surface area contributed by atoms with E-state index in [0.29, 0.717) is 27.8 Å². The molecule has 0 aliphatic heterocycles. The number of ether oxygens (including phenoxy) is 3. The maximum atomic E-state index is 11.5. The van der Waals surface area contributed by atoms with Crippen molar-refractivity contribution in [3.8, 4) is 17.2 Å². The van der Waals surface area contributed by atoms with Crippen LogP contribution in [0.25, 0.3) is 0 Å². The summed E-state index contributed by atoms with van der Waals surface area (Å²) in [6.45, 7) is 0. The lowest BCUT2D eigenvalue weighted by molar-refractivity contribution is -0.145. The molecule has 0 aromatic heterocycles. The normalized spacial score (nSPS) is 11.6. The predicted octanol–water partition coefficient (Wildman–Crippen LogP) is 3.56. The van der Waals surface area contributed by atoms with Crippen LogP contribution in [0.3, 0.4) is 0 Å². The molecule has 0 aliphatic rings. The Hall–Kier alpha value is -2.40. The first-order valence-electron chi connectivity index (χ1n) is 6.41. The molecule has 2 rings (SSSR count). The van der Waals surface area contributed by atoms with Gasteiger partial charge in [0.05, 0.1) is 14.2 Å². The molecule has 0 spiro atoms. The lowest BCUT2D eigenvalue weighted by atomic mass is 10.1. The number of aliphatic carboxylic acids is 1. The lowest BCUT2D eigenvalue weighted by Gasteiger charge is -2.17. The van der Waals surface area contributed by atoms with Gasteiger partial charge in [0.25, 0.3) is 0 Å². The van der Waals surface area contributed by atoms with Crippen molar-refractivity contribution in [1.29, 1.82) is 0 Å². The van der Waals surface area contributed by atoms with E-state index >= 15 is 0 Å². The third-order valence-electron chi connectivity index (χ3n) is 2.98. The maximum Gasteiger partial charge on any atom is 0.349 e. The van der Waals surface area contributed by atoms with Gasteiger partial charge in [-0.15, -0.1) is 0 Å². The zero-order chi connectivity index (χ0) is 16.1. The fourth-order valence-corrected chi connectivity index (χ4v) is 2.01. The van der Waals surface area contributed by atoms with Crippen LogP contribution in [-0.4, -0.2) is 25.3 Å². The summed E-state index contributed by atoms with van der Waals surface area (Å²) in [4.78, 5) is 11.5. The largest absolute Gasteiger partial charge is 0.496 e. The molecule has 0 radical (unpaired) electrons. The Labute approximate surface area is 133 Å². The van der Waals surface area contributed by atoms with Crippen molar-refractivity contribution in [2.24, 2.45) is 0 Å². The van der Waals surface area contributed by atoms with E-state index in [1.807, 2.05) is 0 Å². The van der Waals surface area contributed by atoms with Crippen molar-refractivity contribution >= 4 is 17.6 Å². The molecule has 0 fully saturated rings. The summed E-state index contributed by atoms with van der Waals surface area (Å²) in [5.74, 6) is 0.242. The van der Waals surface area contributed by atoms with E-state index in [2.05, 4.69) is 0 Å². The first-order valence-corrected chi connectivity index (χ1v) is 6.79. The number of halogens is 1. The van der Waals surface area contributed by atoms with Gasteiger partial charge >= 0.3 is 5.97 Å². The number of hydrogen-bond donors (Lipinski definition) is 1. The van der Waals surface area contributed by atoms with Gasteiger partial charge in [0, 0.05) is 28.8 Å². The van der Waals surface area contributed by atoms with E-state index in [-0.39, 0.29) is 0 Å². The monoisotopic (exact) mass is 322 g/mol. The molecule has 0 saturated carbocycles. The van der Waals surface area contributed by atoms with Gasteiger partial charge in [-0.3, -0.25) is 0 Å². The second kappa shape index (κ2) is 7.04. The van der Waals surface area contributed by atoms with E-state index in [1.165, 1.54) is 14.2 Å². The molecule has 116 valence electrons. The van der Waals surface area contributed by atoms with Crippen LogP contribution in [0.15, 0.2) is 42.5 Å². The molecule has 5 nitrogen and oxygen atoms in total. The second-order valence-corrected chi connectivity index (χ2v) is 4.87. The number of carboxylic acids is 1. The Balaban J connectivity index is 2.32. The fraction of sp³-hybridized carbons (Fsp3) is 0.188. The lowest BCUT2D eigenvalue weighted by Crippen LogP contribution is -2.18. The molecule has 0 aliphatic carbocycles. The average Bonchev–Trinajstić information content (AvgIpc) is 2.53. The van der Waals surface area contributed by atoms with Gasteiger partial charge in [-0.05, 0) is 12.1 Å². The topological polar surface area (TPSA) is 65.0 Å². The Kier molecular flexibility index (Phi) is 5.12. The molecule has 22 heavy (non-hydrogen) atoms. The summed E-state index contributed by atoms with van der Waals surface area (Å²) in [5, 5.41) is 9.91. The summed E-state index contributed by atoms with van der Waals surface area (Å²) in [6, 6.07) is 11.3. The first kappa shape index (κ1) is 16.0. The molecule has 0 amide bonds. The highest BCUT2D eigenvalue weighted by Crippen LogP contribution is 2.31. The van der Waals surface area contributed by atoms with Crippen molar-refractivity contribution in [2.75, 3.05) is 14.2 Å². The van der Waals surface area contributed by atoms with Crippen molar-refractivity contribution in [3.05, 3.63) is 53.1 Å². The number of methoxy groups -OCH3 is 2. The number of benzene rings is 2. The van der Waals surface area contributed by atoms with E-state index < -0.39 is 12.1 Å². The predicted molar refractivity (Wildman–Crippen MR) is 82.0 cm³/mol. The molecule has 0 bridgehead atoms. The molecule has 6 heteroatoms. The van der Waals surface area contributed by atoms with Crippen LogP contribution < -0.4 is 14.2 Å². The smallest absolute Gasteiger partial charge is 0.349 e. The van der Waals surface area contributed by atoms with Crippen molar-refractivity contribution < 1.29 is 24.1 Å². The molecule has 0 heterocycles. The molecule has 1 N–H and O–H groups in total. The van der Waals surface area contributed by atoms with Gasteiger partial charge in [-0.2, -0.15) is 0 Å². The van der Waals surface area contributed by atoms with Gasteiger partial charge in [-0.1, -0.05) is 23.7 Å². The van der Waals surface area contributed by atoms with Crippen LogP contribution in [0, 0.1) is 0 Å². The van der Waals surface area contributed by atoms with Crippen LogP contribution >= 0.6 is 11.6 Å². The maximum absolute atomic E-state index is 11.5. The molecule has 1 atom stereocenters. The minimum atomic E-state index is -1.16. The summed E-state index contributed by atoms with van der Waals surface area (Å²) in [5.41, 5.74) is 0.485. The highest BCUT2D eigenvalue weighted by Gasteiger charge is 2.22. The van der Waals surface area contributed by atoms with Gasteiger partial charge in [0.2, 0.25) is 6.10 Å². The van der Waals surface area contributed by atoms with E-state index in [4.69, 9.17) is 25.8 Å². The Morgan fingerprint density at radius 2 is 1.50 bits per heavy atom. The van der Waals surface area contributed by atoms with Crippen LogP contribution in [0.1, 0.15) is 11.7 Å². The van der Waals surface area contributed by atoms with Crippen LogP contribution in [0.4, 0.5) is 0 Å². The average molecular weight is 323 g/mol. The summed E-state index contributed by atoms with van der Waals surface area (Å²) in [7, 11) is 3.01. The highest BCUT2D eigenvalue weighted by atomic mass is 35.5. The van der Waals surface area contributed by atoms with Gasteiger partial charge < -0.3 is 19.3 Å². The van der Waals surface area contributed by atoms with E-state index in [9.17, 15) is 9.90 Å². The standard InChI is InChI=1S/C16H15ClO5/c1-20-12-7-13(21-2)9-14(8-12)22-15(16(18)19)10-3-5-11(17)6-4-10/h3-9,15H,1-2H3,(H,18,19). The summed E-state index contributed by atoms with van der Waals surface area (Å²) in [6.07, 6.45) is -1.16. The molecular weight excluding hydrogens is 308 g/mol. The van der Waals surface area contributed by atoms with Crippen molar-refractivity contribution in [3.63, 3.8) is 0 Å². The molecular formula is C16H15ClO5. The Morgan fingerprint density at radius 3 is 1.95 bits per heavy atom. The second-order valence-electron chi connectivity index (χ2n) is 4.44. The third kappa shape index (κ3) is 3.83. The molecule has 0 saturated heterocycles. The van der Waals surface area contributed by atoms with Gasteiger partial charge in [0.1, 0.15) is 17.2 Å². The van der Waals surface area contributed by atoms with Crippen LogP contribution in [0.5, 0.6) is 17.2 Å². The SMILES string of the molecule is COc1cc(OC)cc(OC(C(=O)O)c2ccc(Cl)cc2)c1. The third-order valence-corrected chi connectivity index (χ3v) is 3.23. The Morgan fingerprint density at radius 1 is 1.00 bits per heavy atom. The number of carboxylic acid groups (broad SMARTS) is 1. The van der Waals surface area contributed by atoms with E-state index in [0.717, 1.165) is 0 Å². The highest BCUT2D eigenvalue weighted by molar-refractivity contribution is 6.30. The molecule has 1 unspecified atom stereocenters. The zero-order valence-electron chi connectivity index (χ0n) is 12.1. The summed E-state index contributed by atoms with van der Waals surface area (Å²) >= 11 is 5.81. The van der Waals surface area contributed by atoms with E-state index in [1.54, 1.807) is 42.5 Å². The number of carbonyl (C=O) groups is 1. The van der Waals surface area contributed by atoms with Crippen LogP contribution in [0.2, 0.25) is 5.02 Å². The minimum Gasteiger partial charge on any atom is -0.496 e. The van der Waals surface area contributed by atoms with Crippen LogP contribution in [-0.2, 0) is 4.79 Å². The van der Waals surface area contributed by atoms with Gasteiger partial charge in [-0.25, -0.2) is 4.79 Å². The van der Waals surface area contributed by atoms with Gasteiger partial charge in [0.15, 0.2) is 0 Å². The molecule has 2 aromatic rings. The fourth-order valence-electron chi connectivity index (χ4n) is 1.88. The number of hydrogen-bond acceptors (Lipinski definition) is 4. The van der Waals surface area contributed by atoms with Crippen molar-refractivity contribution in [1.82, 2.24) is 0 Å². The molecule has 2 aromatic carbocycles. The van der Waals surface area contributed by atoms with Crippen molar-refractivity contribution in [2.45, 2.75) is 6.10 Å². The quantitative estimate of drug-likeness (QED) is 0.881. The first-order chi connectivity index (χ1) is 10.5. The zero-order valence-corrected chi connectivity index (χ0v) is 12.8.